The molecule has 1 aromatic heterocycles. The first-order chi connectivity index (χ1) is 15.3. The van der Waals surface area contributed by atoms with Gasteiger partial charge in [0, 0.05) is 39.2 Å². The molecule has 3 aromatic rings. The zero-order chi connectivity index (χ0) is 23.3. The SMILES string of the molecule is COc1ccccc1CCN(CCCCC(=O)c1ccc2c(c1)n(C)c(=O)n2C)C(=O)O. The van der Waals surface area contributed by atoms with E-state index in [1.165, 1.54) is 9.47 Å². The summed E-state index contributed by atoms with van der Waals surface area (Å²) in [6.45, 7) is 0.729. The fraction of sp³-hybridized carbons (Fsp3) is 0.375. The van der Waals surface area contributed by atoms with Crippen molar-refractivity contribution in [3.8, 4) is 5.75 Å². The Bertz CT molecular complexity index is 1180. The van der Waals surface area contributed by atoms with E-state index < -0.39 is 6.09 Å². The summed E-state index contributed by atoms with van der Waals surface area (Å²) in [5.74, 6) is 0.732. The van der Waals surface area contributed by atoms with Crippen molar-refractivity contribution in [1.29, 1.82) is 0 Å². The van der Waals surface area contributed by atoms with Crippen LogP contribution < -0.4 is 10.4 Å². The van der Waals surface area contributed by atoms with Crippen molar-refractivity contribution in [3.05, 3.63) is 64.1 Å². The molecule has 0 aliphatic carbocycles. The number of para-hydroxylation sites is 1. The Hall–Kier alpha value is -3.55. The number of carbonyl (C=O) groups is 2. The molecule has 170 valence electrons. The largest absolute Gasteiger partial charge is 0.496 e. The van der Waals surface area contributed by atoms with Crippen LogP contribution in [0.5, 0.6) is 5.75 Å². The summed E-state index contributed by atoms with van der Waals surface area (Å²) in [5.41, 5.74) is 2.89. The van der Waals surface area contributed by atoms with Crippen LogP contribution in [0.4, 0.5) is 4.79 Å². The summed E-state index contributed by atoms with van der Waals surface area (Å²) < 4.78 is 8.40. The highest BCUT2D eigenvalue weighted by atomic mass is 16.5. The smallest absolute Gasteiger partial charge is 0.407 e. The summed E-state index contributed by atoms with van der Waals surface area (Å²) in [4.78, 5) is 37.7. The van der Waals surface area contributed by atoms with E-state index in [-0.39, 0.29) is 11.5 Å². The molecule has 8 heteroatoms. The molecule has 0 spiro atoms. The third-order valence-electron chi connectivity index (χ3n) is 5.79. The van der Waals surface area contributed by atoms with Crippen molar-refractivity contribution in [1.82, 2.24) is 14.0 Å². The van der Waals surface area contributed by atoms with Gasteiger partial charge in [-0.15, -0.1) is 0 Å². The zero-order valence-corrected chi connectivity index (χ0v) is 18.7. The van der Waals surface area contributed by atoms with Crippen molar-refractivity contribution in [2.24, 2.45) is 14.1 Å². The van der Waals surface area contributed by atoms with Gasteiger partial charge >= 0.3 is 11.8 Å². The third kappa shape index (κ3) is 5.01. The highest BCUT2D eigenvalue weighted by Crippen LogP contribution is 2.19. The molecule has 32 heavy (non-hydrogen) atoms. The number of carbonyl (C=O) groups excluding carboxylic acids is 1. The maximum absolute atomic E-state index is 12.6. The fourth-order valence-corrected chi connectivity index (χ4v) is 3.88. The van der Waals surface area contributed by atoms with Crippen molar-refractivity contribution >= 4 is 22.9 Å². The number of benzene rings is 2. The van der Waals surface area contributed by atoms with E-state index in [1.54, 1.807) is 44.0 Å². The summed E-state index contributed by atoms with van der Waals surface area (Å²) in [6, 6.07) is 12.8. The van der Waals surface area contributed by atoms with Gasteiger partial charge in [0.15, 0.2) is 5.78 Å². The Morgan fingerprint density at radius 2 is 1.72 bits per heavy atom. The molecule has 2 aromatic carbocycles. The number of Topliss-reactive ketones (excluding diaryl/α,β-unsaturated/α-hetero) is 1. The van der Waals surface area contributed by atoms with Gasteiger partial charge in [0.05, 0.1) is 18.1 Å². The second kappa shape index (κ2) is 10.2. The van der Waals surface area contributed by atoms with E-state index in [4.69, 9.17) is 4.74 Å². The Morgan fingerprint density at radius 3 is 2.44 bits per heavy atom. The van der Waals surface area contributed by atoms with E-state index in [0.717, 1.165) is 22.3 Å². The van der Waals surface area contributed by atoms with Crippen LogP contribution in [0.3, 0.4) is 0 Å². The number of fused-ring (bicyclic) bond motifs is 1. The third-order valence-corrected chi connectivity index (χ3v) is 5.79. The molecule has 0 bridgehead atoms. The van der Waals surface area contributed by atoms with Crippen LogP contribution in [-0.4, -0.2) is 51.2 Å². The molecule has 1 N–H and O–H groups in total. The molecule has 0 unspecified atom stereocenters. The quantitative estimate of drug-likeness (QED) is 0.386. The van der Waals surface area contributed by atoms with Crippen LogP contribution in [0.15, 0.2) is 47.3 Å². The molecule has 8 nitrogen and oxygen atoms in total. The van der Waals surface area contributed by atoms with Crippen molar-refractivity contribution < 1.29 is 19.4 Å². The molecule has 0 saturated carbocycles. The minimum atomic E-state index is -0.971. The monoisotopic (exact) mass is 439 g/mol. The lowest BCUT2D eigenvalue weighted by atomic mass is 10.0. The van der Waals surface area contributed by atoms with Gasteiger partial charge in [-0.2, -0.15) is 0 Å². The summed E-state index contributed by atoms with van der Waals surface area (Å²) >= 11 is 0. The highest BCUT2D eigenvalue weighted by Gasteiger charge is 2.15. The molecule has 0 saturated heterocycles. The van der Waals surface area contributed by atoms with Crippen LogP contribution >= 0.6 is 0 Å². The van der Waals surface area contributed by atoms with Gasteiger partial charge in [-0.25, -0.2) is 9.59 Å². The number of unbranched alkanes of at least 4 members (excludes halogenated alkanes) is 1. The topological polar surface area (TPSA) is 93.8 Å². The predicted octanol–water partition coefficient (Wildman–Crippen LogP) is 3.46. The Balaban J connectivity index is 1.53. The van der Waals surface area contributed by atoms with Gasteiger partial charge in [0.25, 0.3) is 0 Å². The van der Waals surface area contributed by atoms with Gasteiger partial charge in [0.2, 0.25) is 0 Å². The second-order valence-corrected chi connectivity index (χ2v) is 7.82. The lowest BCUT2D eigenvalue weighted by Crippen LogP contribution is -2.32. The number of carboxylic acid groups (broad SMARTS) is 1. The molecule has 0 atom stereocenters. The van der Waals surface area contributed by atoms with E-state index in [0.29, 0.717) is 44.3 Å². The number of imidazole rings is 1. The number of amides is 1. The minimum Gasteiger partial charge on any atom is -0.496 e. The number of hydrogen-bond acceptors (Lipinski definition) is 4. The van der Waals surface area contributed by atoms with E-state index in [1.807, 2.05) is 24.3 Å². The van der Waals surface area contributed by atoms with Crippen LogP contribution in [0.25, 0.3) is 11.0 Å². The van der Waals surface area contributed by atoms with Crippen LogP contribution in [0.1, 0.15) is 35.2 Å². The second-order valence-electron chi connectivity index (χ2n) is 7.82. The number of nitrogens with zero attached hydrogens (tertiary/aromatic N) is 3. The number of aromatic nitrogens is 2. The summed E-state index contributed by atoms with van der Waals surface area (Å²) in [7, 11) is 4.98. The van der Waals surface area contributed by atoms with Crippen LogP contribution in [-0.2, 0) is 20.5 Å². The zero-order valence-electron chi connectivity index (χ0n) is 18.7. The van der Waals surface area contributed by atoms with Crippen LogP contribution in [0.2, 0.25) is 0 Å². The number of hydrogen-bond donors (Lipinski definition) is 1. The first-order valence-corrected chi connectivity index (χ1v) is 10.6. The Morgan fingerprint density at radius 1 is 1.00 bits per heavy atom. The van der Waals surface area contributed by atoms with Crippen molar-refractivity contribution in [3.63, 3.8) is 0 Å². The van der Waals surface area contributed by atoms with E-state index in [2.05, 4.69) is 0 Å². The number of ether oxygens (including phenoxy) is 1. The highest BCUT2D eigenvalue weighted by molar-refractivity contribution is 5.99. The van der Waals surface area contributed by atoms with Crippen molar-refractivity contribution in [2.75, 3.05) is 20.2 Å². The van der Waals surface area contributed by atoms with Gasteiger partial charge in [-0.3, -0.25) is 13.9 Å². The maximum atomic E-state index is 12.6. The van der Waals surface area contributed by atoms with Gasteiger partial charge < -0.3 is 14.7 Å². The average Bonchev–Trinajstić information content (AvgIpc) is 3.01. The predicted molar refractivity (Wildman–Crippen MR) is 123 cm³/mol. The first-order valence-electron chi connectivity index (χ1n) is 10.6. The number of aryl methyl sites for hydroxylation is 2. The number of rotatable bonds is 10. The molecular formula is C24H29N3O5. The Labute approximate surface area is 186 Å². The minimum absolute atomic E-state index is 0.0147. The molecule has 0 fully saturated rings. The van der Waals surface area contributed by atoms with Gasteiger partial charge in [-0.05, 0) is 49.1 Å². The van der Waals surface area contributed by atoms with Gasteiger partial charge in [0.1, 0.15) is 5.75 Å². The summed E-state index contributed by atoms with van der Waals surface area (Å²) in [5, 5.41) is 9.51. The van der Waals surface area contributed by atoms with Gasteiger partial charge in [-0.1, -0.05) is 18.2 Å². The molecular weight excluding hydrogens is 410 g/mol. The lowest BCUT2D eigenvalue weighted by Gasteiger charge is -2.19. The molecule has 0 aliphatic rings. The Kier molecular flexibility index (Phi) is 7.35. The lowest BCUT2D eigenvalue weighted by molar-refractivity contribution is 0.0978. The number of ketones is 1. The van der Waals surface area contributed by atoms with E-state index >= 15 is 0 Å². The normalized spacial score (nSPS) is 11.0. The van der Waals surface area contributed by atoms with E-state index in [9.17, 15) is 19.5 Å². The number of methoxy groups -OCH3 is 1. The molecule has 1 amide bonds. The average molecular weight is 440 g/mol. The molecule has 1 heterocycles. The molecule has 0 aliphatic heterocycles. The maximum Gasteiger partial charge on any atom is 0.407 e. The standard InChI is InChI=1S/C24H29N3O5/c1-25-19-12-11-18(16-20(19)26(2)23(25)29)21(28)9-6-7-14-27(24(30)31)15-13-17-8-4-5-10-22(17)32-3/h4-5,8,10-12,16H,6-7,9,13-15H2,1-3H3,(H,30,31). The van der Waals surface area contributed by atoms with Crippen molar-refractivity contribution in [2.45, 2.75) is 25.7 Å². The summed E-state index contributed by atoms with van der Waals surface area (Å²) in [6.07, 6.45) is 1.10. The fourth-order valence-electron chi connectivity index (χ4n) is 3.88. The van der Waals surface area contributed by atoms with Crippen LogP contribution in [0, 0.1) is 0 Å². The first kappa shape index (κ1) is 23.1. The molecule has 0 radical (unpaired) electrons. The molecule has 3 rings (SSSR count).